The van der Waals surface area contributed by atoms with Crippen molar-refractivity contribution < 1.29 is 27.5 Å². The first-order chi connectivity index (χ1) is 18.3. The maximum absolute atomic E-state index is 13.1. The number of sulfonamides is 1. The molecule has 3 aromatic rings. The zero-order valence-electron chi connectivity index (χ0n) is 21.7. The van der Waals surface area contributed by atoms with Crippen LogP contribution in [0.2, 0.25) is 0 Å². The van der Waals surface area contributed by atoms with E-state index in [4.69, 9.17) is 9.47 Å². The van der Waals surface area contributed by atoms with Crippen LogP contribution in [0.1, 0.15) is 60.2 Å². The van der Waals surface area contributed by atoms with Gasteiger partial charge >= 0.3 is 5.97 Å². The zero-order chi connectivity index (χ0) is 27.1. The predicted octanol–water partition coefficient (Wildman–Crippen LogP) is 4.22. The van der Waals surface area contributed by atoms with E-state index in [2.05, 4.69) is 4.99 Å². The molecule has 4 rings (SSSR count). The Bertz CT molecular complexity index is 1450. The van der Waals surface area contributed by atoms with E-state index in [1.165, 1.54) is 39.9 Å². The van der Waals surface area contributed by atoms with Gasteiger partial charge in [-0.05, 0) is 69.2 Å². The van der Waals surface area contributed by atoms with Gasteiger partial charge in [0.05, 0.1) is 33.9 Å². The van der Waals surface area contributed by atoms with Crippen LogP contribution in [-0.2, 0) is 26.0 Å². The standard InChI is InChI=1S/C27H33N3O6S2/c1-3-35-18-17-30-23-14-11-21(26(32)36-4-2)19-24(23)37-27(30)28-25(31)20-9-12-22(13-10-20)38(33,34)29-15-7-5-6-8-16-29/h9-14,19H,3-8,15-18H2,1-2H3. The number of benzene rings is 2. The SMILES string of the molecule is CCOCCn1c(=NC(=O)c2ccc(S(=O)(=O)N3CCCCCC3)cc2)sc2cc(C(=O)OCC)ccc21. The van der Waals surface area contributed by atoms with Crippen LogP contribution < -0.4 is 4.80 Å². The highest BCUT2D eigenvalue weighted by molar-refractivity contribution is 7.89. The Morgan fingerprint density at radius 1 is 0.947 bits per heavy atom. The van der Waals surface area contributed by atoms with Crippen LogP contribution in [0.25, 0.3) is 10.2 Å². The normalized spacial score (nSPS) is 15.5. The van der Waals surface area contributed by atoms with Crippen LogP contribution in [0.3, 0.4) is 0 Å². The average molecular weight is 560 g/mol. The molecule has 9 nitrogen and oxygen atoms in total. The van der Waals surface area contributed by atoms with Crippen molar-refractivity contribution in [2.45, 2.75) is 51.0 Å². The van der Waals surface area contributed by atoms with Gasteiger partial charge in [-0.25, -0.2) is 13.2 Å². The molecular weight excluding hydrogens is 526 g/mol. The summed E-state index contributed by atoms with van der Waals surface area (Å²) in [5.41, 5.74) is 1.55. The van der Waals surface area contributed by atoms with Crippen LogP contribution in [0.4, 0.5) is 0 Å². The summed E-state index contributed by atoms with van der Waals surface area (Å²) in [7, 11) is -3.60. The predicted molar refractivity (Wildman–Crippen MR) is 146 cm³/mol. The van der Waals surface area contributed by atoms with Gasteiger partial charge < -0.3 is 14.0 Å². The minimum absolute atomic E-state index is 0.177. The summed E-state index contributed by atoms with van der Waals surface area (Å²) in [6, 6.07) is 11.2. The van der Waals surface area contributed by atoms with Crippen molar-refractivity contribution in [3.63, 3.8) is 0 Å². The molecule has 204 valence electrons. The van der Waals surface area contributed by atoms with Crippen molar-refractivity contribution in [3.8, 4) is 0 Å². The van der Waals surface area contributed by atoms with Gasteiger partial charge in [-0.3, -0.25) is 4.79 Å². The zero-order valence-corrected chi connectivity index (χ0v) is 23.4. The lowest BCUT2D eigenvalue weighted by molar-refractivity contribution is 0.0526. The molecule has 0 atom stereocenters. The Hall–Kier alpha value is -2.86. The largest absolute Gasteiger partial charge is 0.462 e. The van der Waals surface area contributed by atoms with Crippen molar-refractivity contribution in [1.29, 1.82) is 0 Å². The maximum atomic E-state index is 13.1. The Kier molecular flexibility index (Phi) is 9.48. The number of hydrogen-bond donors (Lipinski definition) is 0. The molecule has 1 amide bonds. The highest BCUT2D eigenvalue weighted by atomic mass is 32.2. The van der Waals surface area contributed by atoms with E-state index in [0.717, 1.165) is 35.9 Å². The second-order valence-corrected chi connectivity index (χ2v) is 11.8. The molecule has 0 unspecified atom stereocenters. The smallest absolute Gasteiger partial charge is 0.338 e. The summed E-state index contributed by atoms with van der Waals surface area (Å²) >= 11 is 1.29. The third-order valence-electron chi connectivity index (χ3n) is 6.36. The monoisotopic (exact) mass is 559 g/mol. The van der Waals surface area contributed by atoms with E-state index in [9.17, 15) is 18.0 Å². The molecular formula is C27H33N3O6S2. The Balaban J connectivity index is 1.64. The molecule has 2 heterocycles. The third kappa shape index (κ3) is 6.40. The number of nitrogens with zero attached hydrogens (tertiary/aromatic N) is 3. The summed E-state index contributed by atoms with van der Waals surface area (Å²) in [6.45, 7) is 6.46. The minimum atomic E-state index is -3.60. The summed E-state index contributed by atoms with van der Waals surface area (Å²) in [6.07, 6.45) is 3.78. The van der Waals surface area contributed by atoms with Gasteiger partial charge in [-0.15, -0.1) is 0 Å². The number of thiazole rings is 1. The molecule has 0 saturated carbocycles. The second-order valence-electron chi connectivity index (χ2n) is 8.90. The number of ether oxygens (including phenoxy) is 2. The van der Waals surface area contributed by atoms with Crippen LogP contribution >= 0.6 is 11.3 Å². The molecule has 1 aromatic heterocycles. The average Bonchev–Trinajstić information content (AvgIpc) is 3.07. The van der Waals surface area contributed by atoms with Crippen molar-refractivity contribution >= 4 is 43.5 Å². The molecule has 1 aliphatic rings. The molecule has 0 bridgehead atoms. The quantitative estimate of drug-likeness (QED) is 0.287. The molecule has 2 aromatic carbocycles. The van der Waals surface area contributed by atoms with Gasteiger partial charge in [0.15, 0.2) is 4.80 Å². The summed E-state index contributed by atoms with van der Waals surface area (Å²) in [4.78, 5) is 30.3. The molecule has 38 heavy (non-hydrogen) atoms. The Morgan fingerprint density at radius 2 is 1.63 bits per heavy atom. The fourth-order valence-electron chi connectivity index (χ4n) is 4.37. The van der Waals surface area contributed by atoms with Gasteiger partial charge in [-0.2, -0.15) is 9.30 Å². The van der Waals surface area contributed by atoms with Crippen molar-refractivity contribution in [2.75, 3.05) is 32.9 Å². The highest BCUT2D eigenvalue weighted by Crippen LogP contribution is 2.22. The number of aromatic nitrogens is 1. The fraction of sp³-hybridized carbons (Fsp3) is 0.444. The molecule has 0 spiro atoms. The van der Waals surface area contributed by atoms with E-state index in [1.807, 2.05) is 17.6 Å². The van der Waals surface area contributed by atoms with Crippen LogP contribution in [0.15, 0.2) is 52.4 Å². The van der Waals surface area contributed by atoms with E-state index in [0.29, 0.717) is 48.8 Å². The van der Waals surface area contributed by atoms with E-state index in [-0.39, 0.29) is 11.5 Å². The van der Waals surface area contributed by atoms with Crippen LogP contribution in [0, 0.1) is 0 Å². The first-order valence-corrected chi connectivity index (χ1v) is 15.2. The van der Waals surface area contributed by atoms with E-state index in [1.54, 1.807) is 19.1 Å². The fourth-order valence-corrected chi connectivity index (χ4v) is 6.98. The van der Waals surface area contributed by atoms with E-state index >= 15 is 0 Å². The number of hydrogen-bond acceptors (Lipinski definition) is 7. The Labute approximate surface area is 226 Å². The number of rotatable bonds is 9. The lowest BCUT2D eigenvalue weighted by Crippen LogP contribution is -2.31. The number of amides is 1. The van der Waals surface area contributed by atoms with Crippen molar-refractivity contribution in [3.05, 3.63) is 58.4 Å². The molecule has 1 saturated heterocycles. The summed E-state index contributed by atoms with van der Waals surface area (Å²) < 4.78 is 41.0. The molecule has 0 N–H and O–H groups in total. The van der Waals surface area contributed by atoms with Gasteiger partial charge in [0.1, 0.15) is 0 Å². The molecule has 0 aliphatic carbocycles. The van der Waals surface area contributed by atoms with Gasteiger partial charge in [0.2, 0.25) is 10.0 Å². The van der Waals surface area contributed by atoms with E-state index < -0.39 is 21.9 Å². The lowest BCUT2D eigenvalue weighted by Gasteiger charge is -2.19. The number of carbonyl (C=O) groups is 2. The third-order valence-corrected chi connectivity index (χ3v) is 9.31. The molecule has 1 fully saturated rings. The summed E-state index contributed by atoms with van der Waals surface area (Å²) in [5, 5.41) is 0. The van der Waals surface area contributed by atoms with Gasteiger partial charge in [-0.1, -0.05) is 24.2 Å². The van der Waals surface area contributed by atoms with Gasteiger partial charge in [0.25, 0.3) is 5.91 Å². The minimum Gasteiger partial charge on any atom is -0.462 e. The Morgan fingerprint density at radius 3 is 2.29 bits per heavy atom. The lowest BCUT2D eigenvalue weighted by atomic mass is 10.2. The van der Waals surface area contributed by atoms with Crippen molar-refractivity contribution in [2.24, 2.45) is 4.99 Å². The molecule has 1 aliphatic heterocycles. The number of esters is 1. The first-order valence-electron chi connectivity index (χ1n) is 12.9. The summed E-state index contributed by atoms with van der Waals surface area (Å²) in [5.74, 6) is -0.889. The van der Waals surface area contributed by atoms with Gasteiger partial charge in [0, 0.05) is 31.8 Å². The molecule has 11 heteroatoms. The van der Waals surface area contributed by atoms with Crippen LogP contribution in [0.5, 0.6) is 0 Å². The van der Waals surface area contributed by atoms with Crippen LogP contribution in [-0.4, -0.2) is 62.1 Å². The molecule has 0 radical (unpaired) electrons. The first kappa shape index (κ1) is 28.2. The number of carbonyl (C=O) groups excluding carboxylic acids is 2. The topological polar surface area (TPSA) is 107 Å². The number of fused-ring (bicyclic) bond motifs is 1. The van der Waals surface area contributed by atoms with Crippen molar-refractivity contribution in [1.82, 2.24) is 8.87 Å². The second kappa shape index (κ2) is 12.8. The maximum Gasteiger partial charge on any atom is 0.338 e. The highest BCUT2D eigenvalue weighted by Gasteiger charge is 2.25.